The fourth-order valence-corrected chi connectivity index (χ4v) is 4.74. The number of hydrogen-bond acceptors (Lipinski definition) is 5. The largest absolute Gasteiger partial charge is 0.454 e. The highest BCUT2D eigenvalue weighted by Gasteiger charge is 2.25. The van der Waals surface area contributed by atoms with Crippen LogP contribution < -0.4 is 14.2 Å². The van der Waals surface area contributed by atoms with E-state index in [1.807, 2.05) is 18.2 Å². The van der Waals surface area contributed by atoms with Gasteiger partial charge in [-0.3, -0.25) is 4.90 Å². The molecule has 1 N–H and O–H groups in total. The lowest BCUT2D eigenvalue weighted by atomic mass is 10.1. The van der Waals surface area contributed by atoms with E-state index in [-0.39, 0.29) is 17.7 Å². The van der Waals surface area contributed by atoms with Crippen molar-refractivity contribution in [3.05, 3.63) is 54.1 Å². The fraction of sp³-hybridized carbons (Fsp3) is 0.400. The Balaban J connectivity index is 1.47. The summed E-state index contributed by atoms with van der Waals surface area (Å²) in [6.07, 6.45) is 3.16. The number of ether oxygens (including phenoxy) is 2. The number of nitrogens with one attached hydrogen (secondary N) is 1. The predicted molar refractivity (Wildman–Crippen MR) is 102 cm³/mol. The fourth-order valence-electron chi connectivity index (χ4n) is 3.66. The predicted octanol–water partition coefficient (Wildman–Crippen LogP) is 2.40. The van der Waals surface area contributed by atoms with Crippen molar-refractivity contribution in [1.29, 1.82) is 0 Å². The summed E-state index contributed by atoms with van der Waals surface area (Å²) in [7, 11) is -3.61. The molecule has 1 saturated heterocycles. The summed E-state index contributed by atoms with van der Waals surface area (Å²) in [6, 6.07) is 15.1. The first-order chi connectivity index (χ1) is 13.1. The van der Waals surface area contributed by atoms with Crippen LogP contribution in [0.15, 0.2) is 53.4 Å². The SMILES string of the molecule is O=S(=O)(NCC(Cc1ccccc1)N1CCCC1)c1ccc2c(c1)OCO2. The quantitative estimate of drug-likeness (QED) is 0.789. The van der Waals surface area contributed by atoms with Crippen LogP contribution in [0.1, 0.15) is 18.4 Å². The Kier molecular flexibility index (Phi) is 5.33. The smallest absolute Gasteiger partial charge is 0.240 e. The van der Waals surface area contributed by atoms with E-state index in [0.717, 1.165) is 19.5 Å². The van der Waals surface area contributed by atoms with Gasteiger partial charge in [0.05, 0.1) is 4.90 Å². The molecule has 2 heterocycles. The molecule has 0 bridgehead atoms. The third kappa shape index (κ3) is 4.26. The minimum atomic E-state index is -3.61. The molecule has 0 radical (unpaired) electrons. The molecule has 27 heavy (non-hydrogen) atoms. The third-order valence-corrected chi connectivity index (χ3v) is 6.56. The van der Waals surface area contributed by atoms with Gasteiger partial charge in [0.1, 0.15) is 0 Å². The molecule has 0 spiro atoms. The van der Waals surface area contributed by atoms with Gasteiger partial charge in [0.15, 0.2) is 11.5 Å². The summed E-state index contributed by atoms with van der Waals surface area (Å²) in [5.74, 6) is 1.05. The van der Waals surface area contributed by atoms with Crippen LogP contribution in [-0.4, -0.2) is 45.8 Å². The number of fused-ring (bicyclic) bond motifs is 1. The number of hydrogen-bond donors (Lipinski definition) is 1. The lowest BCUT2D eigenvalue weighted by molar-refractivity contribution is 0.174. The van der Waals surface area contributed by atoms with Crippen molar-refractivity contribution in [2.75, 3.05) is 26.4 Å². The first-order valence-electron chi connectivity index (χ1n) is 9.29. The summed E-state index contributed by atoms with van der Waals surface area (Å²) in [4.78, 5) is 2.58. The Hall–Kier alpha value is -2.09. The lowest BCUT2D eigenvalue weighted by Gasteiger charge is -2.28. The molecular formula is C20H24N2O4S. The minimum absolute atomic E-state index is 0.125. The zero-order chi connectivity index (χ0) is 18.7. The summed E-state index contributed by atoms with van der Waals surface area (Å²) in [5.41, 5.74) is 1.22. The van der Waals surface area contributed by atoms with Gasteiger partial charge in [-0.05, 0) is 50.0 Å². The van der Waals surface area contributed by atoms with Crippen molar-refractivity contribution in [2.24, 2.45) is 0 Å². The van der Waals surface area contributed by atoms with E-state index in [9.17, 15) is 8.42 Å². The summed E-state index contributed by atoms with van der Waals surface area (Å²) < 4.78 is 38.9. The summed E-state index contributed by atoms with van der Waals surface area (Å²) in [5, 5.41) is 0. The molecule has 2 aromatic rings. The molecule has 1 atom stereocenters. The van der Waals surface area contributed by atoms with Gasteiger partial charge in [-0.15, -0.1) is 0 Å². The maximum absolute atomic E-state index is 12.8. The Morgan fingerprint density at radius 2 is 1.74 bits per heavy atom. The first kappa shape index (κ1) is 18.3. The second-order valence-electron chi connectivity index (χ2n) is 6.95. The minimum Gasteiger partial charge on any atom is -0.454 e. The van der Waals surface area contributed by atoms with Crippen molar-refractivity contribution < 1.29 is 17.9 Å². The Bertz CT molecular complexity index is 880. The summed E-state index contributed by atoms with van der Waals surface area (Å²) >= 11 is 0. The van der Waals surface area contributed by atoms with Crippen LogP contribution >= 0.6 is 0 Å². The van der Waals surface area contributed by atoms with Gasteiger partial charge in [-0.2, -0.15) is 0 Å². The molecule has 4 rings (SSSR count). The monoisotopic (exact) mass is 388 g/mol. The second kappa shape index (κ2) is 7.88. The van der Waals surface area contributed by atoms with E-state index in [2.05, 4.69) is 21.8 Å². The number of benzene rings is 2. The molecule has 0 amide bonds. The van der Waals surface area contributed by atoms with E-state index >= 15 is 0 Å². The molecule has 1 unspecified atom stereocenters. The number of sulfonamides is 1. The van der Waals surface area contributed by atoms with E-state index in [0.29, 0.717) is 18.0 Å². The average molecular weight is 388 g/mol. The Labute approximate surface area is 160 Å². The van der Waals surface area contributed by atoms with Crippen LogP contribution in [0.4, 0.5) is 0 Å². The van der Waals surface area contributed by atoms with Gasteiger partial charge in [-0.1, -0.05) is 30.3 Å². The van der Waals surface area contributed by atoms with Crippen molar-refractivity contribution in [3.63, 3.8) is 0 Å². The van der Waals surface area contributed by atoms with Crippen molar-refractivity contribution in [3.8, 4) is 11.5 Å². The normalized spacial score (nSPS) is 17.9. The van der Waals surface area contributed by atoms with Crippen LogP contribution in [0, 0.1) is 0 Å². The topological polar surface area (TPSA) is 67.9 Å². The third-order valence-electron chi connectivity index (χ3n) is 5.13. The molecule has 6 nitrogen and oxygen atoms in total. The molecule has 2 aromatic carbocycles. The first-order valence-corrected chi connectivity index (χ1v) is 10.8. The number of likely N-dealkylation sites (tertiary alicyclic amines) is 1. The van der Waals surface area contributed by atoms with Crippen LogP contribution in [0.2, 0.25) is 0 Å². The molecule has 144 valence electrons. The van der Waals surface area contributed by atoms with E-state index in [1.54, 1.807) is 12.1 Å². The van der Waals surface area contributed by atoms with Crippen LogP contribution in [0.5, 0.6) is 11.5 Å². The van der Waals surface area contributed by atoms with Gasteiger partial charge in [0.2, 0.25) is 16.8 Å². The van der Waals surface area contributed by atoms with Crippen molar-refractivity contribution >= 4 is 10.0 Å². The lowest BCUT2D eigenvalue weighted by Crippen LogP contribution is -2.43. The van der Waals surface area contributed by atoms with Crippen molar-refractivity contribution in [1.82, 2.24) is 9.62 Å². The number of rotatable bonds is 7. The number of nitrogens with zero attached hydrogens (tertiary/aromatic N) is 1. The zero-order valence-electron chi connectivity index (χ0n) is 15.1. The average Bonchev–Trinajstić information content (AvgIpc) is 3.37. The molecule has 2 aliphatic rings. The molecule has 0 aromatic heterocycles. The van der Waals surface area contributed by atoms with Gasteiger partial charge in [0.25, 0.3) is 0 Å². The standard InChI is InChI=1S/C20H24N2O4S/c23-27(24,18-8-9-19-20(13-18)26-15-25-19)21-14-17(22-10-4-5-11-22)12-16-6-2-1-3-7-16/h1-3,6-9,13,17,21H,4-5,10-12,14-15H2. The molecule has 0 aliphatic carbocycles. The maximum atomic E-state index is 12.8. The molecule has 0 saturated carbocycles. The summed E-state index contributed by atoms with van der Waals surface area (Å²) in [6.45, 7) is 2.54. The highest BCUT2D eigenvalue weighted by Crippen LogP contribution is 2.33. The maximum Gasteiger partial charge on any atom is 0.240 e. The molecular weight excluding hydrogens is 364 g/mol. The highest BCUT2D eigenvalue weighted by atomic mass is 32.2. The van der Waals surface area contributed by atoms with Gasteiger partial charge < -0.3 is 9.47 Å². The molecule has 2 aliphatic heterocycles. The van der Waals surface area contributed by atoms with Crippen LogP contribution in [-0.2, 0) is 16.4 Å². The van der Waals surface area contributed by atoms with E-state index < -0.39 is 10.0 Å². The molecule has 7 heteroatoms. The van der Waals surface area contributed by atoms with Crippen LogP contribution in [0.3, 0.4) is 0 Å². The second-order valence-corrected chi connectivity index (χ2v) is 8.72. The Morgan fingerprint density at radius 3 is 2.52 bits per heavy atom. The zero-order valence-corrected chi connectivity index (χ0v) is 16.0. The van der Waals surface area contributed by atoms with Crippen LogP contribution in [0.25, 0.3) is 0 Å². The van der Waals surface area contributed by atoms with Gasteiger partial charge >= 0.3 is 0 Å². The Morgan fingerprint density at radius 1 is 1.00 bits per heavy atom. The molecule has 1 fully saturated rings. The van der Waals surface area contributed by atoms with E-state index in [1.165, 1.54) is 24.5 Å². The van der Waals surface area contributed by atoms with E-state index in [4.69, 9.17) is 9.47 Å². The van der Waals surface area contributed by atoms with Crippen molar-refractivity contribution in [2.45, 2.75) is 30.2 Å². The van der Waals surface area contributed by atoms with Gasteiger partial charge in [0, 0.05) is 18.7 Å². The highest BCUT2D eigenvalue weighted by molar-refractivity contribution is 7.89. The van der Waals surface area contributed by atoms with Gasteiger partial charge in [-0.25, -0.2) is 13.1 Å².